The largest absolute Gasteiger partial charge is 0.409 e. The second-order valence-corrected chi connectivity index (χ2v) is 5.18. The first-order valence-electron chi connectivity index (χ1n) is 6.27. The van der Waals surface area contributed by atoms with Crippen LogP contribution in [0.4, 0.5) is 11.5 Å². The molecule has 20 heavy (non-hydrogen) atoms. The first-order valence-corrected chi connectivity index (χ1v) is 6.65. The number of anilines is 1. The molecule has 0 aliphatic heterocycles. The van der Waals surface area contributed by atoms with Crippen LogP contribution in [0.5, 0.6) is 0 Å². The molecule has 0 bridgehead atoms. The monoisotopic (exact) mass is 302 g/mol. The van der Waals surface area contributed by atoms with Crippen molar-refractivity contribution in [2.75, 3.05) is 5.32 Å². The van der Waals surface area contributed by atoms with Crippen molar-refractivity contribution >= 4 is 23.1 Å². The predicted octanol–water partition coefficient (Wildman–Crippen LogP) is 1.06. The average molecular weight is 303 g/mol. The summed E-state index contributed by atoms with van der Waals surface area (Å²) < 4.78 is 0.863. The summed E-state index contributed by atoms with van der Waals surface area (Å²) in [6.07, 6.45) is 2.54. The molecule has 0 radical (unpaired) electrons. The van der Waals surface area contributed by atoms with Crippen molar-refractivity contribution in [1.82, 2.24) is 9.78 Å². The molecule has 2 rings (SSSR count). The fourth-order valence-corrected chi connectivity index (χ4v) is 2.55. The Labute approximate surface area is 119 Å². The van der Waals surface area contributed by atoms with Crippen LogP contribution in [0.25, 0.3) is 0 Å². The maximum absolute atomic E-state index is 12.0. The Kier molecular flexibility index (Phi) is 4.24. The summed E-state index contributed by atoms with van der Waals surface area (Å²) in [5.74, 6) is -0.582. The smallest absolute Gasteiger partial charge is 0.391 e. The van der Waals surface area contributed by atoms with E-state index in [1.165, 1.54) is 7.05 Å². The number of nitrogens with zero attached hydrogens (tertiary/aromatic N) is 3. The zero-order chi connectivity index (χ0) is 14.9. The van der Waals surface area contributed by atoms with Gasteiger partial charge in [0.2, 0.25) is 0 Å². The molecular weight excluding hydrogens is 288 g/mol. The van der Waals surface area contributed by atoms with Crippen molar-refractivity contribution in [3.8, 4) is 0 Å². The zero-order valence-electron chi connectivity index (χ0n) is 10.9. The summed E-state index contributed by atoms with van der Waals surface area (Å²) in [4.78, 5) is 22.1. The highest BCUT2D eigenvalue weighted by molar-refractivity contribution is 6.34. The number of hydrogen-bond donors (Lipinski definition) is 2. The highest BCUT2D eigenvalue weighted by Crippen LogP contribution is 2.29. The van der Waals surface area contributed by atoms with Gasteiger partial charge in [-0.1, -0.05) is 24.4 Å². The first kappa shape index (κ1) is 14.7. The van der Waals surface area contributed by atoms with Crippen LogP contribution in [0.1, 0.15) is 25.7 Å². The van der Waals surface area contributed by atoms with Gasteiger partial charge < -0.3 is 20.5 Å². The molecule has 0 unspecified atom stereocenters. The molecular formula is C11H15ClN4O4. The lowest BCUT2D eigenvalue weighted by Crippen LogP contribution is -2.39. The van der Waals surface area contributed by atoms with Gasteiger partial charge in [-0.3, -0.25) is 4.79 Å². The number of aliphatic hydroxyl groups is 1. The van der Waals surface area contributed by atoms with Crippen LogP contribution < -0.4 is 10.9 Å². The fraction of sp³-hybridized carbons (Fsp3) is 0.636. The molecule has 1 heterocycles. The molecule has 1 fully saturated rings. The molecule has 9 heteroatoms. The average Bonchev–Trinajstić information content (AvgIpc) is 2.40. The quantitative estimate of drug-likeness (QED) is 0.638. The highest BCUT2D eigenvalue weighted by atomic mass is 35.5. The Hall–Kier alpha value is -1.67. The third-order valence-electron chi connectivity index (χ3n) is 3.40. The van der Waals surface area contributed by atoms with Crippen LogP contribution in [0.2, 0.25) is 5.02 Å². The second-order valence-electron chi connectivity index (χ2n) is 4.80. The van der Waals surface area contributed by atoms with Crippen molar-refractivity contribution in [1.29, 1.82) is 0 Å². The third-order valence-corrected chi connectivity index (χ3v) is 3.76. The number of nitro groups is 1. The number of aliphatic hydroxyl groups excluding tert-OH is 1. The second kappa shape index (κ2) is 5.76. The topological polar surface area (TPSA) is 110 Å². The standard InChI is InChI=1S/C11H15ClN4O4/c1-15-11(18)9(8(12)10(14-15)16(19)20)13-6-4-2-3-5-7(6)17/h6-7,13,17H,2-5H2,1H3/t6-,7-/m1/s1. The number of aryl methyl sites for hydroxylation is 1. The van der Waals surface area contributed by atoms with Gasteiger partial charge in [0.1, 0.15) is 5.69 Å². The molecule has 0 amide bonds. The third kappa shape index (κ3) is 2.75. The molecule has 0 spiro atoms. The highest BCUT2D eigenvalue weighted by Gasteiger charge is 2.29. The van der Waals surface area contributed by atoms with Crippen LogP contribution in [-0.4, -0.2) is 32.0 Å². The Bertz CT molecular complexity index is 589. The molecule has 8 nitrogen and oxygen atoms in total. The van der Waals surface area contributed by atoms with E-state index in [1.807, 2.05) is 0 Å². The maximum atomic E-state index is 12.0. The van der Waals surface area contributed by atoms with Gasteiger partial charge >= 0.3 is 11.4 Å². The Balaban J connectivity index is 2.40. The molecule has 1 aliphatic rings. The first-order chi connectivity index (χ1) is 9.41. The van der Waals surface area contributed by atoms with E-state index >= 15 is 0 Å². The molecule has 0 saturated heterocycles. The minimum atomic E-state index is -0.746. The lowest BCUT2D eigenvalue weighted by molar-refractivity contribution is -0.390. The van der Waals surface area contributed by atoms with Crippen molar-refractivity contribution in [3.05, 3.63) is 25.5 Å². The predicted molar refractivity (Wildman–Crippen MR) is 73.0 cm³/mol. The van der Waals surface area contributed by atoms with Crippen molar-refractivity contribution < 1.29 is 10.0 Å². The molecule has 0 aromatic carbocycles. The summed E-state index contributed by atoms with van der Waals surface area (Å²) in [6.45, 7) is 0. The number of nitrogens with one attached hydrogen (secondary N) is 1. The zero-order valence-corrected chi connectivity index (χ0v) is 11.6. The van der Waals surface area contributed by atoms with E-state index in [0.717, 1.165) is 17.5 Å². The van der Waals surface area contributed by atoms with Crippen molar-refractivity contribution in [3.63, 3.8) is 0 Å². The summed E-state index contributed by atoms with van der Waals surface area (Å²) in [5, 5.41) is 26.8. The summed E-state index contributed by atoms with van der Waals surface area (Å²) in [7, 11) is 1.31. The Morgan fingerprint density at radius 3 is 2.75 bits per heavy atom. The van der Waals surface area contributed by atoms with Crippen molar-refractivity contribution in [2.45, 2.75) is 37.8 Å². The fourth-order valence-electron chi connectivity index (χ4n) is 2.31. The van der Waals surface area contributed by atoms with Crippen LogP contribution >= 0.6 is 11.6 Å². The van der Waals surface area contributed by atoms with Gasteiger partial charge in [-0.25, -0.2) is 0 Å². The van der Waals surface area contributed by atoms with Gasteiger partial charge in [-0.05, 0) is 17.8 Å². The molecule has 110 valence electrons. The van der Waals surface area contributed by atoms with Gasteiger partial charge in [0.05, 0.1) is 24.3 Å². The normalized spacial score (nSPS) is 22.6. The molecule has 2 N–H and O–H groups in total. The minimum Gasteiger partial charge on any atom is -0.391 e. The SMILES string of the molecule is Cn1nc([N+](=O)[O-])c(Cl)c(N[C@@H]2CCCC[C@H]2O)c1=O. The number of rotatable bonds is 3. The van der Waals surface area contributed by atoms with Crippen LogP contribution in [0, 0.1) is 10.1 Å². The van der Waals surface area contributed by atoms with E-state index in [-0.39, 0.29) is 16.8 Å². The van der Waals surface area contributed by atoms with E-state index in [9.17, 15) is 20.0 Å². The van der Waals surface area contributed by atoms with Gasteiger partial charge in [0.25, 0.3) is 0 Å². The molecule has 1 aliphatic carbocycles. The lowest BCUT2D eigenvalue weighted by atomic mass is 9.92. The summed E-state index contributed by atoms with van der Waals surface area (Å²) in [6, 6.07) is -0.337. The summed E-state index contributed by atoms with van der Waals surface area (Å²) in [5.41, 5.74) is -0.639. The van der Waals surface area contributed by atoms with Gasteiger partial charge in [-0.2, -0.15) is 0 Å². The van der Waals surface area contributed by atoms with E-state index in [1.54, 1.807) is 0 Å². The minimum absolute atomic E-state index is 0.0817. The number of hydrogen-bond acceptors (Lipinski definition) is 6. The molecule has 1 aromatic heterocycles. The number of aromatic nitrogens is 2. The molecule has 2 atom stereocenters. The van der Waals surface area contributed by atoms with Gasteiger partial charge in [0.15, 0.2) is 5.02 Å². The van der Waals surface area contributed by atoms with E-state index in [2.05, 4.69) is 10.4 Å². The van der Waals surface area contributed by atoms with Crippen LogP contribution in [0.3, 0.4) is 0 Å². The van der Waals surface area contributed by atoms with Crippen molar-refractivity contribution in [2.24, 2.45) is 7.05 Å². The Morgan fingerprint density at radius 2 is 2.15 bits per heavy atom. The van der Waals surface area contributed by atoms with E-state index in [4.69, 9.17) is 11.6 Å². The van der Waals surface area contributed by atoms with E-state index < -0.39 is 22.4 Å². The maximum Gasteiger partial charge on any atom is 0.409 e. The van der Waals surface area contributed by atoms with Gasteiger partial charge in [0, 0.05) is 0 Å². The number of halogens is 1. The molecule has 1 aromatic rings. The Morgan fingerprint density at radius 1 is 1.50 bits per heavy atom. The molecule has 1 saturated carbocycles. The van der Waals surface area contributed by atoms with Crippen LogP contribution in [0.15, 0.2) is 4.79 Å². The van der Waals surface area contributed by atoms with Crippen LogP contribution in [-0.2, 0) is 7.05 Å². The summed E-state index contributed by atoms with van der Waals surface area (Å²) >= 11 is 5.89. The lowest BCUT2D eigenvalue weighted by Gasteiger charge is -2.28. The van der Waals surface area contributed by atoms with Gasteiger partial charge in [-0.15, -0.1) is 4.68 Å². The van der Waals surface area contributed by atoms with E-state index in [0.29, 0.717) is 12.8 Å².